The first kappa shape index (κ1) is 22.3. The van der Waals surface area contributed by atoms with Crippen LogP contribution in [0.15, 0.2) is 36.4 Å². The average molecular weight is 361 g/mol. The first-order chi connectivity index (χ1) is 12.6. The van der Waals surface area contributed by atoms with E-state index in [1.807, 2.05) is 0 Å². The molecule has 0 unspecified atom stereocenters. The number of esters is 1. The second-order valence-corrected chi connectivity index (χ2v) is 6.99. The molecule has 1 aromatic rings. The van der Waals surface area contributed by atoms with E-state index in [9.17, 15) is 4.79 Å². The molecule has 0 aliphatic carbocycles. The normalized spacial score (nSPS) is 10.5. The molecule has 0 saturated carbocycles. The number of carbonyl (C=O) groups excluding carboxylic acids is 1. The Morgan fingerprint density at radius 3 is 2.15 bits per heavy atom. The number of ether oxygens (including phenoxy) is 2. The van der Waals surface area contributed by atoms with Gasteiger partial charge in [0.2, 0.25) is 0 Å². The van der Waals surface area contributed by atoms with Gasteiger partial charge in [-0.3, -0.25) is 0 Å². The van der Waals surface area contributed by atoms with Gasteiger partial charge in [0, 0.05) is 5.57 Å². The van der Waals surface area contributed by atoms with E-state index in [1.54, 1.807) is 6.92 Å². The van der Waals surface area contributed by atoms with Gasteiger partial charge in [-0.15, -0.1) is 0 Å². The van der Waals surface area contributed by atoms with Gasteiger partial charge in [-0.1, -0.05) is 51.3 Å². The lowest BCUT2D eigenvalue weighted by molar-refractivity contribution is -0.139. The summed E-state index contributed by atoms with van der Waals surface area (Å²) >= 11 is 0. The Labute approximate surface area is 159 Å². The van der Waals surface area contributed by atoms with Crippen LogP contribution >= 0.6 is 0 Å². The molecule has 26 heavy (non-hydrogen) atoms. The lowest BCUT2D eigenvalue weighted by Gasteiger charge is -2.08. The van der Waals surface area contributed by atoms with Gasteiger partial charge in [0.05, 0.1) is 13.2 Å². The number of hydrogen-bond acceptors (Lipinski definition) is 3. The molecule has 0 fully saturated rings. The summed E-state index contributed by atoms with van der Waals surface area (Å²) in [7, 11) is 0. The molecule has 0 amide bonds. The van der Waals surface area contributed by atoms with Gasteiger partial charge < -0.3 is 9.47 Å². The van der Waals surface area contributed by atoms with Crippen molar-refractivity contribution in [1.29, 1.82) is 0 Å². The highest BCUT2D eigenvalue weighted by atomic mass is 16.5. The summed E-state index contributed by atoms with van der Waals surface area (Å²) in [5, 5.41) is 0. The molecule has 0 aliphatic heterocycles. The minimum absolute atomic E-state index is 0.294. The fourth-order valence-electron chi connectivity index (χ4n) is 2.72. The Morgan fingerprint density at radius 2 is 1.50 bits per heavy atom. The summed E-state index contributed by atoms with van der Waals surface area (Å²) in [6.45, 7) is 8.70. The molecule has 0 aliphatic rings. The van der Waals surface area contributed by atoms with Crippen LogP contribution in [-0.4, -0.2) is 19.2 Å². The molecule has 1 rings (SSSR count). The third-order valence-electron chi connectivity index (χ3n) is 4.38. The van der Waals surface area contributed by atoms with Crippen LogP contribution in [0.1, 0.15) is 77.2 Å². The maximum Gasteiger partial charge on any atom is 0.333 e. The fraction of sp³-hybridized carbons (Fsp3) is 0.609. The largest absolute Gasteiger partial charge is 0.494 e. The number of rotatable bonds is 15. The van der Waals surface area contributed by atoms with E-state index in [-0.39, 0.29) is 5.97 Å². The SMILES string of the molecule is C=C(C)C(=O)OCCCCCCOc1ccc(CCCCCCC)cc1. The van der Waals surface area contributed by atoms with Crippen molar-refractivity contribution in [2.24, 2.45) is 0 Å². The molecule has 3 nitrogen and oxygen atoms in total. The van der Waals surface area contributed by atoms with Crippen LogP contribution in [0.5, 0.6) is 5.75 Å². The van der Waals surface area contributed by atoms with Crippen LogP contribution in [0.2, 0.25) is 0 Å². The monoisotopic (exact) mass is 360 g/mol. The van der Waals surface area contributed by atoms with E-state index in [2.05, 4.69) is 37.8 Å². The number of benzene rings is 1. The predicted octanol–water partition coefficient (Wildman–Crippen LogP) is 6.26. The van der Waals surface area contributed by atoms with Crippen molar-refractivity contribution >= 4 is 5.97 Å². The summed E-state index contributed by atoms with van der Waals surface area (Å²) in [4.78, 5) is 11.2. The molecule has 0 spiro atoms. The van der Waals surface area contributed by atoms with Crippen molar-refractivity contribution in [3.63, 3.8) is 0 Å². The lowest BCUT2D eigenvalue weighted by atomic mass is 10.1. The zero-order valence-corrected chi connectivity index (χ0v) is 16.7. The molecule has 0 atom stereocenters. The van der Waals surface area contributed by atoms with E-state index in [0.29, 0.717) is 12.2 Å². The van der Waals surface area contributed by atoms with Crippen molar-refractivity contribution in [2.75, 3.05) is 13.2 Å². The summed E-state index contributed by atoms with van der Waals surface area (Å²) in [5.74, 6) is 0.660. The van der Waals surface area contributed by atoms with Crippen LogP contribution in [0.25, 0.3) is 0 Å². The van der Waals surface area contributed by atoms with Crippen LogP contribution < -0.4 is 4.74 Å². The number of unbranched alkanes of at least 4 members (excludes halogenated alkanes) is 7. The zero-order chi connectivity index (χ0) is 19.0. The maximum absolute atomic E-state index is 11.2. The van der Waals surface area contributed by atoms with Crippen LogP contribution in [0.4, 0.5) is 0 Å². The van der Waals surface area contributed by atoms with Crippen LogP contribution in [0.3, 0.4) is 0 Å². The molecule has 0 bridgehead atoms. The third-order valence-corrected chi connectivity index (χ3v) is 4.38. The quantitative estimate of drug-likeness (QED) is 0.210. The van der Waals surface area contributed by atoms with Gasteiger partial charge in [-0.25, -0.2) is 4.79 Å². The highest BCUT2D eigenvalue weighted by molar-refractivity contribution is 5.86. The van der Waals surface area contributed by atoms with Crippen molar-refractivity contribution in [1.82, 2.24) is 0 Å². The third kappa shape index (κ3) is 11.0. The molecular weight excluding hydrogens is 324 g/mol. The second-order valence-electron chi connectivity index (χ2n) is 6.99. The number of carbonyl (C=O) groups is 1. The smallest absolute Gasteiger partial charge is 0.333 e. The molecular formula is C23H36O3. The minimum Gasteiger partial charge on any atom is -0.494 e. The fourth-order valence-corrected chi connectivity index (χ4v) is 2.72. The van der Waals surface area contributed by atoms with Gasteiger partial charge in [-0.05, 0) is 63.1 Å². The number of hydrogen-bond donors (Lipinski definition) is 0. The zero-order valence-electron chi connectivity index (χ0n) is 16.7. The highest BCUT2D eigenvalue weighted by Gasteiger charge is 2.02. The molecule has 146 valence electrons. The second kappa shape index (κ2) is 14.4. The standard InChI is InChI=1S/C23H36O3/c1-4-5-6-7-10-13-21-14-16-22(17-15-21)25-18-11-8-9-12-19-26-23(24)20(2)3/h14-17H,2,4-13,18-19H2,1,3H3. The van der Waals surface area contributed by atoms with E-state index in [0.717, 1.165) is 38.0 Å². The number of aryl methyl sites for hydroxylation is 1. The Kier molecular flexibility index (Phi) is 12.3. The molecule has 0 N–H and O–H groups in total. The van der Waals surface area contributed by atoms with Crippen molar-refractivity contribution in [3.05, 3.63) is 42.0 Å². The van der Waals surface area contributed by atoms with Gasteiger partial charge in [-0.2, -0.15) is 0 Å². The predicted molar refractivity (Wildman–Crippen MR) is 109 cm³/mol. The minimum atomic E-state index is -0.294. The van der Waals surface area contributed by atoms with Crippen molar-refractivity contribution < 1.29 is 14.3 Å². The topological polar surface area (TPSA) is 35.5 Å². The molecule has 0 heterocycles. The van der Waals surface area contributed by atoms with Crippen LogP contribution in [-0.2, 0) is 16.0 Å². The molecule has 0 radical (unpaired) electrons. The van der Waals surface area contributed by atoms with Crippen molar-refractivity contribution in [3.8, 4) is 5.75 Å². The Hall–Kier alpha value is -1.77. The molecule has 0 saturated heterocycles. The van der Waals surface area contributed by atoms with Gasteiger partial charge >= 0.3 is 5.97 Å². The maximum atomic E-state index is 11.2. The lowest BCUT2D eigenvalue weighted by Crippen LogP contribution is -2.06. The Balaban J connectivity index is 2.02. The Bertz CT molecular complexity index is 505. The van der Waals surface area contributed by atoms with E-state index in [4.69, 9.17) is 9.47 Å². The first-order valence-corrected chi connectivity index (χ1v) is 10.2. The van der Waals surface area contributed by atoms with Crippen LogP contribution in [0, 0.1) is 0 Å². The summed E-state index contributed by atoms with van der Waals surface area (Å²) < 4.78 is 10.9. The summed E-state index contributed by atoms with van der Waals surface area (Å²) in [5.41, 5.74) is 1.86. The Morgan fingerprint density at radius 1 is 0.885 bits per heavy atom. The van der Waals surface area contributed by atoms with E-state index >= 15 is 0 Å². The van der Waals surface area contributed by atoms with E-state index in [1.165, 1.54) is 44.1 Å². The highest BCUT2D eigenvalue weighted by Crippen LogP contribution is 2.15. The average Bonchev–Trinajstić information content (AvgIpc) is 2.64. The first-order valence-electron chi connectivity index (χ1n) is 10.2. The van der Waals surface area contributed by atoms with Gasteiger partial charge in [0.1, 0.15) is 5.75 Å². The van der Waals surface area contributed by atoms with Crippen molar-refractivity contribution in [2.45, 2.75) is 78.1 Å². The van der Waals surface area contributed by atoms with E-state index < -0.39 is 0 Å². The molecule has 3 heteroatoms. The van der Waals surface area contributed by atoms with Gasteiger partial charge in [0.15, 0.2) is 0 Å². The van der Waals surface area contributed by atoms with Gasteiger partial charge in [0.25, 0.3) is 0 Å². The summed E-state index contributed by atoms with van der Waals surface area (Å²) in [6.07, 6.45) is 11.8. The molecule has 1 aromatic carbocycles. The molecule has 0 aromatic heterocycles. The summed E-state index contributed by atoms with van der Waals surface area (Å²) in [6, 6.07) is 8.53.